The quantitative estimate of drug-likeness (QED) is 0.835. The lowest BCUT2D eigenvalue weighted by atomic mass is 9.88. The second-order valence-electron chi connectivity index (χ2n) is 6.64. The summed E-state index contributed by atoms with van der Waals surface area (Å²) >= 11 is 1.53. The number of nitrogens with zero attached hydrogens (tertiary/aromatic N) is 4. The fourth-order valence-electron chi connectivity index (χ4n) is 3.30. The number of aliphatic imine (C=N–C) groups is 1. The van der Waals surface area contributed by atoms with Crippen molar-refractivity contribution >= 4 is 39.3 Å². The number of hydrogen-bond donors (Lipinski definition) is 1. The highest BCUT2D eigenvalue weighted by Crippen LogP contribution is 2.31. The van der Waals surface area contributed by atoms with Crippen molar-refractivity contribution in [3.8, 4) is 0 Å². The molecule has 1 fully saturated rings. The molecule has 0 aliphatic carbocycles. The monoisotopic (exact) mass is 357 g/mol. The van der Waals surface area contributed by atoms with Crippen molar-refractivity contribution in [3.63, 3.8) is 0 Å². The zero-order valence-corrected chi connectivity index (χ0v) is 15.0. The van der Waals surface area contributed by atoms with Gasteiger partial charge in [-0.25, -0.2) is 9.98 Å². The Bertz CT molecular complexity index is 880. The van der Waals surface area contributed by atoms with Crippen molar-refractivity contribution in [2.75, 3.05) is 27.2 Å². The summed E-state index contributed by atoms with van der Waals surface area (Å²) in [6, 6.07) is 5.59. The van der Waals surface area contributed by atoms with Crippen LogP contribution in [0.4, 0.5) is 0 Å². The van der Waals surface area contributed by atoms with Crippen LogP contribution in [0.3, 0.4) is 0 Å². The second-order valence-corrected chi connectivity index (χ2v) is 7.53. The molecule has 3 heterocycles. The van der Waals surface area contributed by atoms with Gasteiger partial charge in [0, 0.05) is 32.7 Å². The van der Waals surface area contributed by atoms with E-state index in [1.165, 1.54) is 11.3 Å². The number of carbonyl (C=O) groups is 2. The van der Waals surface area contributed by atoms with Gasteiger partial charge in [-0.2, -0.15) is 0 Å². The minimum Gasteiger partial charge on any atom is -0.349 e. The van der Waals surface area contributed by atoms with Crippen LogP contribution in [0, 0.1) is 0 Å². The second kappa shape index (κ2) is 5.80. The highest BCUT2D eigenvalue weighted by atomic mass is 32.1. The maximum absolute atomic E-state index is 12.8. The molecule has 7 nitrogen and oxygen atoms in total. The van der Waals surface area contributed by atoms with Gasteiger partial charge in [-0.3, -0.25) is 14.9 Å². The molecule has 1 saturated heterocycles. The van der Waals surface area contributed by atoms with Crippen LogP contribution in [-0.2, 0) is 4.79 Å². The summed E-state index contributed by atoms with van der Waals surface area (Å²) in [4.78, 5) is 37.6. The number of likely N-dealkylation sites (tertiary alicyclic amines) is 1. The number of nitrogens with one attached hydrogen (secondary N) is 1. The molecule has 1 N–H and O–H groups in total. The van der Waals surface area contributed by atoms with Crippen molar-refractivity contribution in [1.82, 2.24) is 20.1 Å². The molecule has 2 amide bonds. The fraction of sp³-hybridized carbons (Fsp3) is 0.412. The Labute approximate surface area is 149 Å². The van der Waals surface area contributed by atoms with Gasteiger partial charge in [-0.05, 0) is 31.0 Å². The normalized spacial score (nSPS) is 19.2. The number of hydrogen-bond acceptors (Lipinski definition) is 6. The predicted octanol–water partition coefficient (Wildman–Crippen LogP) is 1.32. The average Bonchev–Trinajstić information content (AvgIpc) is 3.20. The number of thiazole rings is 1. The molecular weight excluding hydrogens is 338 g/mol. The number of aromatic nitrogens is 1. The Morgan fingerprint density at radius 1 is 1.32 bits per heavy atom. The van der Waals surface area contributed by atoms with Crippen molar-refractivity contribution in [3.05, 3.63) is 29.3 Å². The molecule has 0 radical (unpaired) electrons. The predicted molar refractivity (Wildman–Crippen MR) is 96.8 cm³/mol. The van der Waals surface area contributed by atoms with Crippen LogP contribution in [-0.4, -0.2) is 65.3 Å². The molecule has 0 unspecified atom stereocenters. The van der Waals surface area contributed by atoms with E-state index in [1.807, 2.05) is 37.2 Å². The molecule has 4 rings (SSSR count). The van der Waals surface area contributed by atoms with Crippen LogP contribution >= 0.6 is 11.3 Å². The lowest BCUT2D eigenvalue weighted by molar-refractivity contribution is -0.125. The Morgan fingerprint density at radius 3 is 2.76 bits per heavy atom. The lowest BCUT2D eigenvalue weighted by Gasteiger charge is -2.35. The zero-order chi connectivity index (χ0) is 17.6. The van der Waals surface area contributed by atoms with E-state index < -0.39 is 5.54 Å². The molecule has 2 aromatic rings. The minimum absolute atomic E-state index is 0.000341. The summed E-state index contributed by atoms with van der Waals surface area (Å²) in [6.45, 7) is 1.05. The maximum Gasteiger partial charge on any atom is 0.254 e. The van der Waals surface area contributed by atoms with Gasteiger partial charge in [0.15, 0.2) is 0 Å². The maximum atomic E-state index is 12.8. The number of fused-ring (bicyclic) bond motifs is 1. The Hall–Kier alpha value is -2.48. The molecule has 2 aliphatic rings. The van der Waals surface area contributed by atoms with E-state index in [4.69, 9.17) is 0 Å². The van der Waals surface area contributed by atoms with E-state index in [0.29, 0.717) is 37.5 Å². The van der Waals surface area contributed by atoms with E-state index in [1.54, 1.807) is 10.4 Å². The summed E-state index contributed by atoms with van der Waals surface area (Å²) in [5, 5.41) is 2.83. The Kier molecular flexibility index (Phi) is 3.72. The minimum atomic E-state index is -0.724. The highest BCUT2D eigenvalue weighted by molar-refractivity contribution is 7.16. The first-order valence-electron chi connectivity index (χ1n) is 8.20. The summed E-state index contributed by atoms with van der Waals surface area (Å²) < 4.78 is 1.01. The molecule has 130 valence electrons. The Balaban J connectivity index is 1.50. The number of benzene rings is 1. The molecule has 0 bridgehead atoms. The van der Waals surface area contributed by atoms with Crippen LogP contribution in [0.5, 0.6) is 0 Å². The standard InChI is InChI=1S/C17H19N5O2S/c1-21(2)16-19-15(24)17(20-16)5-7-22(8-6-17)14(23)11-3-4-12-13(9-11)25-10-18-12/h3-4,9-10H,5-8H2,1-2H3,(H,19,20,24). The smallest absolute Gasteiger partial charge is 0.254 e. The van der Waals surface area contributed by atoms with Gasteiger partial charge in [-0.1, -0.05) is 0 Å². The third-order valence-corrected chi connectivity index (χ3v) is 5.64. The first-order chi connectivity index (χ1) is 12.0. The van der Waals surface area contributed by atoms with E-state index in [2.05, 4.69) is 15.3 Å². The molecule has 1 aromatic heterocycles. The third-order valence-electron chi connectivity index (χ3n) is 4.85. The number of amides is 2. The topological polar surface area (TPSA) is 77.9 Å². The van der Waals surface area contributed by atoms with E-state index in [-0.39, 0.29) is 11.8 Å². The summed E-state index contributed by atoms with van der Waals surface area (Å²) in [5.74, 6) is 0.537. The van der Waals surface area contributed by atoms with Gasteiger partial charge in [-0.15, -0.1) is 11.3 Å². The van der Waals surface area contributed by atoms with Crippen LogP contribution in [0.25, 0.3) is 10.2 Å². The number of guanidine groups is 1. The number of rotatable bonds is 1. The number of carbonyl (C=O) groups excluding carboxylic acids is 2. The van der Waals surface area contributed by atoms with Gasteiger partial charge in [0.25, 0.3) is 11.8 Å². The first kappa shape index (κ1) is 16.0. The van der Waals surface area contributed by atoms with E-state index >= 15 is 0 Å². The molecule has 0 atom stereocenters. The van der Waals surface area contributed by atoms with Gasteiger partial charge in [0.2, 0.25) is 5.96 Å². The van der Waals surface area contributed by atoms with Gasteiger partial charge >= 0.3 is 0 Å². The fourth-order valence-corrected chi connectivity index (χ4v) is 4.02. The molecule has 8 heteroatoms. The van der Waals surface area contributed by atoms with Gasteiger partial charge in [0.05, 0.1) is 15.7 Å². The third kappa shape index (κ3) is 2.66. The van der Waals surface area contributed by atoms with Crippen LogP contribution in [0.15, 0.2) is 28.7 Å². The Morgan fingerprint density at radius 2 is 2.08 bits per heavy atom. The van der Waals surface area contributed by atoms with Crippen LogP contribution < -0.4 is 5.32 Å². The molecular formula is C17H19N5O2S. The summed E-state index contributed by atoms with van der Waals surface area (Å²) in [7, 11) is 3.71. The molecule has 1 aromatic carbocycles. The average molecular weight is 357 g/mol. The van der Waals surface area contributed by atoms with Gasteiger partial charge < -0.3 is 9.80 Å². The zero-order valence-electron chi connectivity index (χ0n) is 14.2. The lowest BCUT2D eigenvalue weighted by Crippen LogP contribution is -2.50. The molecule has 2 aliphatic heterocycles. The summed E-state index contributed by atoms with van der Waals surface area (Å²) in [6.07, 6.45) is 1.09. The SMILES string of the molecule is CN(C)C1=NC2(CCN(C(=O)c3ccc4ncsc4c3)CC2)C(=O)N1. The van der Waals surface area contributed by atoms with E-state index in [0.717, 1.165) is 10.2 Å². The van der Waals surface area contributed by atoms with Crippen molar-refractivity contribution in [2.24, 2.45) is 4.99 Å². The molecule has 25 heavy (non-hydrogen) atoms. The van der Waals surface area contributed by atoms with Gasteiger partial charge in [0.1, 0.15) is 5.54 Å². The molecule has 0 saturated carbocycles. The highest BCUT2D eigenvalue weighted by Gasteiger charge is 2.46. The van der Waals surface area contributed by atoms with Crippen molar-refractivity contribution < 1.29 is 9.59 Å². The van der Waals surface area contributed by atoms with E-state index in [9.17, 15) is 9.59 Å². The number of piperidine rings is 1. The largest absolute Gasteiger partial charge is 0.349 e. The van der Waals surface area contributed by atoms with Crippen molar-refractivity contribution in [1.29, 1.82) is 0 Å². The first-order valence-corrected chi connectivity index (χ1v) is 9.08. The van der Waals surface area contributed by atoms with Crippen molar-refractivity contribution in [2.45, 2.75) is 18.4 Å². The van der Waals surface area contributed by atoms with Crippen LogP contribution in [0.1, 0.15) is 23.2 Å². The molecule has 1 spiro atoms. The summed E-state index contributed by atoms with van der Waals surface area (Å²) in [5.41, 5.74) is 2.63. The van der Waals surface area contributed by atoms with Crippen LogP contribution in [0.2, 0.25) is 0 Å².